The molecule has 1 aliphatic rings. The first-order valence-corrected chi connectivity index (χ1v) is 10.8. The standard InChI is InChI=1S/C23H27N5O4/c1-4-9-27-16(2)22(19-14-18(32-3)6-7-20(19)27)23(29)26-12-10-25(11-13-26)21-8-5-17(15-24-21)28(30)31/h5-8,14-15H,4,9-13H2,1-3H3. The molecule has 1 amide bonds. The summed E-state index contributed by atoms with van der Waals surface area (Å²) < 4.78 is 7.62. The monoisotopic (exact) mass is 437 g/mol. The van der Waals surface area contributed by atoms with E-state index in [9.17, 15) is 14.9 Å². The third-order valence-corrected chi connectivity index (χ3v) is 6.03. The van der Waals surface area contributed by atoms with Crippen LogP contribution in [0.1, 0.15) is 29.4 Å². The number of piperazine rings is 1. The van der Waals surface area contributed by atoms with Gasteiger partial charge in [0.15, 0.2) is 0 Å². The Labute approximate surface area is 186 Å². The molecule has 0 unspecified atom stereocenters. The van der Waals surface area contributed by atoms with Crippen LogP contribution in [0.2, 0.25) is 0 Å². The van der Waals surface area contributed by atoms with Gasteiger partial charge in [-0.3, -0.25) is 14.9 Å². The summed E-state index contributed by atoms with van der Waals surface area (Å²) in [6.45, 7) is 7.33. The number of nitrogens with zero attached hydrogens (tertiary/aromatic N) is 5. The van der Waals surface area contributed by atoms with Gasteiger partial charge in [0, 0.05) is 55.4 Å². The van der Waals surface area contributed by atoms with Crippen molar-refractivity contribution in [1.29, 1.82) is 0 Å². The molecular weight excluding hydrogens is 410 g/mol. The van der Waals surface area contributed by atoms with Crippen molar-refractivity contribution >= 4 is 28.3 Å². The van der Waals surface area contributed by atoms with E-state index < -0.39 is 4.92 Å². The number of anilines is 1. The van der Waals surface area contributed by atoms with Crippen LogP contribution >= 0.6 is 0 Å². The largest absolute Gasteiger partial charge is 0.497 e. The van der Waals surface area contributed by atoms with Crippen molar-refractivity contribution in [3.8, 4) is 5.75 Å². The minimum atomic E-state index is -0.459. The maximum absolute atomic E-state index is 13.6. The molecule has 2 aromatic heterocycles. The first kappa shape index (κ1) is 21.6. The quantitative estimate of drug-likeness (QED) is 0.432. The zero-order valence-corrected chi connectivity index (χ0v) is 18.6. The average Bonchev–Trinajstić information content (AvgIpc) is 3.09. The van der Waals surface area contributed by atoms with E-state index in [1.165, 1.54) is 12.3 Å². The first-order valence-electron chi connectivity index (χ1n) is 10.8. The van der Waals surface area contributed by atoms with E-state index in [4.69, 9.17) is 4.74 Å². The Morgan fingerprint density at radius 2 is 1.94 bits per heavy atom. The minimum absolute atomic E-state index is 0.0203. The topological polar surface area (TPSA) is 93.7 Å². The highest BCUT2D eigenvalue weighted by Crippen LogP contribution is 2.31. The summed E-state index contributed by atoms with van der Waals surface area (Å²) in [7, 11) is 1.63. The summed E-state index contributed by atoms with van der Waals surface area (Å²) in [5.41, 5.74) is 2.72. The molecule has 0 bridgehead atoms. The van der Waals surface area contributed by atoms with Crippen LogP contribution in [0, 0.1) is 17.0 Å². The maximum atomic E-state index is 13.6. The molecule has 168 valence electrons. The molecule has 0 atom stereocenters. The summed E-state index contributed by atoms with van der Waals surface area (Å²) in [4.78, 5) is 32.1. The molecule has 1 aliphatic heterocycles. The van der Waals surface area contributed by atoms with Gasteiger partial charge >= 0.3 is 0 Å². The van der Waals surface area contributed by atoms with E-state index in [-0.39, 0.29) is 11.6 Å². The Bertz CT molecular complexity index is 1150. The van der Waals surface area contributed by atoms with Crippen LogP contribution in [-0.2, 0) is 6.54 Å². The number of aromatic nitrogens is 2. The molecule has 32 heavy (non-hydrogen) atoms. The number of ether oxygens (including phenoxy) is 1. The van der Waals surface area contributed by atoms with Crippen molar-refractivity contribution < 1.29 is 14.5 Å². The van der Waals surface area contributed by atoms with Gasteiger partial charge in [-0.2, -0.15) is 0 Å². The van der Waals surface area contributed by atoms with E-state index in [1.54, 1.807) is 13.2 Å². The molecule has 1 fully saturated rings. The van der Waals surface area contributed by atoms with Crippen LogP contribution in [0.3, 0.4) is 0 Å². The van der Waals surface area contributed by atoms with Crippen molar-refractivity contribution in [2.75, 3.05) is 38.2 Å². The van der Waals surface area contributed by atoms with E-state index in [0.29, 0.717) is 32.0 Å². The van der Waals surface area contributed by atoms with Gasteiger partial charge in [0.1, 0.15) is 17.8 Å². The molecule has 0 aliphatic carbocycles. The van der Waals surface area contributed by atoms with Crippen molar-refractivity contribution in [3.05, 3.63) is 57.9 Å². The molecule has 0 N–H and O–H groups in total. The summed E-state index contributed by atoms with van der Waals surface area (Å²) in [6, 6.07) is 9.01. The summed E-state index contributed by atoms with van der Waals surface area (Å²) in [5.74, 6) is 1.43. The Morgan fingerprint density at radius 1 is 1.19 bits per heavy atom. The number of pyridine rings is 1. The third kappa shape index (κ3) is 3.86. The Morgan fingerprint density at radius 3 is 2.53 bits per heavy atom. The van der Waals surface area contributed by atoms with Gasteiger partial charge in [-0.15, -0.1) is 0 Å². The van der Waals surface area contributed by atoms with Crippen LogP contribution in [0.15, 0.2) is 36.5 Å². The third-order valence-electron chi connectivity index (χ3n) is 6.03. The smallest absolute Gasteiger partial charge is 0.287 e. The number of methoxy groups -OCH3 is 1. The molecule has 9 heteroatoms. The average molecular weight is 438 g/mol. The molecule has 3 aromatic rings. The lowest BCUT2D eigenvalue weighted by atomic mass is 10.1. The first-order chi connectivity index (χ1) is 15.4. The van der Waals surface area contributed by atoms with Gasteiger partial charge in [0.2, 0.25) is 0 Å². The lowest BCUT2D eigenvalue weighted by Crippen LogP contribution is -2.49. The second kappa shape index (κ2) is 8.86. The molecule has 1 saturated heterocycles. The fourth-order valence-electron chi connectivity index (χ4n) is 4.34. The molecule has 1 aromatic carbocycles. The second-order valence-electron chi connectivity index (χ2n) is 7.91. The van der Waals surface area contributed by atoms with Gasteiger partial charge in [-0.05, 0) is 37.6 Å². The molecular formula is C23H27N5O4. The number of hydrogen-bond acceptors (Lipinski definition) is 6. The van der Waals surface area contributed by atoms with Crippen LogP contribution in [0.4, 0.5) is 11.5 Å². The predicted octanol–water partition coefficient (Wildman–Crippen LogP) is 3.63. The van der Waals surface area contributed by atoms with E-state index >= 15 is 0 Å². The molecule has 9 nitrogen and oxygen atoms in total. The number of amides is 1. The van der Waals surface area contributed by atoms with Gasteiger partial charge in [0.05, 0.1) is 17.6 Å². The van der Waals surface area contributed by atoms with Gasteiger partial charge in [-0.25, -0.2) is 4.98 Å². The maximum Gasteiger partial charge on any atom is 0.287 e. The molecule has 4 rings (SSSR count). The highest BCUT2D eigenvalue weighted by atomic mass is 16.6. The van der Waals surface area contributed by atoms with Crippen LogP contribution in [0.25, 0.3) is 10.9 Å². The highest BCUT2D eigenvalue weighted by Gasteiger charge is 2.28. The van der Waals surface area contributed by atoms with E-state index in [1.807, 2.05) is 34.9 Å². The Kier molecular flexibility index (Phi) is 5.98. The van der Waals surface area contributed by atoms with Crippen molar-refractivity contribution in [2.45, 2.75) is 26.8 Å². The van der Waals surface area contributed by atoms with E-state index in [0.717, 1.165) is 40.9 Å². The lowest BCUT2D eigenvalue weighted by Gasteiger charge is -2.35. The number of hydrogen-bond donors (Lipinski definition) is 0. The number of rotatable bonds is 6. The number of carbonyl (C=O) groups excluding carboxylic acids is 1. The lowest BCUT2D eigenvalue weighted by molar-refractivity contribution is -0.385. The van der Waals surface area contributed by atoms with Gasteiger partial charge < -0.3 is 19.1 Å². The molecule has 0 radical (unpaired) electrons. The SMILES string of the molecule is CCCn1c(C)c(C(=O)N2CCN(c3ccc([N+](=O)[O-])cn3)CC2)c2cc(OC)ccc21. The predicted molar refractivity (Wildman–Crippen MR) is 123 cm³/mol. The second-order valence-corrected chi connectivity index (χ2v) is 7.91. The van der Waals surface area contributed by atoms with Crippen LogP contribution < -0.4 is 9.64 Å². The van der Waals surface area contributed by atoms with Crippen molar-refractivity contribution in [2.24, 2.45) is 0 Å². The Hall–Kier alpha value is -3.62. The van der Waals surface area contributed by atoms with E-state index in [2.05, 4.69) is 16.5 Å². The number of benzene rings is 1. The molecule has 0 spiro atoms. The Balaban J connectivity index is 1.56. The minimum Gasteiger partial charge on any atom is -0.497 e. The number of carbonyl (C=O) groups is 1. The van der Waals surface area contributed by atoms with Gasteiger partial charge in [-0.1, -0.05) is 6.92 Å². The zero-order chi connectivity index (χ0) is 22.8. The normalized spacial score (nSPS) is 14.1. The van der Waals surface area contributed by atoms with Gasteiger partial charge in [0.25, 0.3) is 11.6 Å². The number of aryl methyl sites for hydroxylation is 1. The fraction of sp³-hybridized carbons (Fsp3) is 0.391. The molecule has 0 saturated carbocycles. The van der Waals surface area contributed by atoms with Crippen molar-refractivity contribution in [1.82, 2.24) is 14.5 Å². The molecule has 3 heterocycles. The summed E-state index contributed by atoms with van der Waals surface area (Å²) in [5, 5.41) is 11.8. The summed E-state index contributed by atoms with van der Waals surface area (Å²) >= 11 is 0. The van der Waals surface area contributed by atoms with Crippen LogP contribution in [0.5, 0.6) is 5.75 Å². The van der Waals surface area contributed by atoms with Crippen LogP contribution in [-0.4, -0.2) is 58.6 Å². The van der Waals surface area contributed by atoms with Crippen molar-refractivity contribution in [3.63, 3.8) is 0 Å². The highest BCUT2D eigenvalue weighted by molar-refractivity contribution is 6.08. The zero-order valence-electron chi connectivity index (χ0n) is 18.6. The number of fused-ring (bicyclic) bond motifs is 1. The number of nitro groups is 1. The fourth-order valence-corrected chi connectivity index (χ4v) is 4.34. The summed E-state index contributed by atoms with van der Waals surface area (Å²) in [6.07, 6.45) is 2.25.